The summed E-state index contributed by atoms with van der Waals surface area (Å²) in [6.45, 7) is 5.94. The highest BCUT2D eigenvalue weighted by Crippen LogP contribution is 2.52. The lowest BCUT2D eigenvalue weighted by Crippen LogP contribution is -2.66. The zero-order valence-corrected chi connectivity index (χ0v) is 22.4. The summed E-state index contributed by atoms with van der Waals surface area (Å²) in [4.78, 5) is 54.7. The minimum atomic E-state index is -1.12. The van der Waals surface area contributed by atoms with Gasteiger partial charge in [-0.1, -0.05) is 6.92 Å². The predicted octanol–water partition coefficient (Wildman–Crippen LogP) is -0.857. The summed E-state index contributed by atoms with van der Waals surface area (Å²) < 4.78 is 0. The first-order valence-electron chi connectivity index (χ1n) is 13.3. The number of carbonyl (C=O) groups excluding carboxylic acids is 3. The zero-order valence-electron chi connectivity index (χ0n) is 21.6. The van der Waals surface area contributed by atoms with Crippen LogP contribution in [0, 0.1) is 23.7 Å². The van der Waals surface area contributed by atoms with Crippen molar-refractivity contribution in [3.63, 3.8) is 0 Å². The number of carboxylic acid groups (broad SMARTS) is 1. The number of piperidine rings is 1. The smallest absolute Gasteiger partial charge is 0.353 e. The van der Waals surface area contributed by atoms with Gasteiger partial charge >= 0.3 is 5.97 Å². The molecule has 4 fully saturated rings. The van der Waals surface area contributed by atoms with Gasteiger partial charge in [-0.25, -0.2) is 4.79 Å². The third-order valence-corrected chi connectivity index (χ3v) is 10.5. The number of nitrogens with one attached hydrogen (secondary N) is 3. The van der Waals surface area contributed by atoms with Crippen molar-refractivity contribution < 1.29 is 24.3 Å². The van der Waals surface area contributed by atoms with E-state index in [2.05, 4.69) is 16.0 Å². The molecular formula is C25H38N6O5S. The highest BCUT2D eigenvalue weighted by Gasteiger charge is 2.60. The fourth-order valence-corrected chi connectivity index (χ4v) is 8.56. The highest BCUT2D eigenvalue weighted by atomic mass is 32.2. The van der Waals surface area contributed by atoms with Crippen LogP contribution in [0.5, 0.6) is 0 Å². The molecule has 4 aliphatic heterocycles. The van der Waals surface area contributed by atoms with Crippen LogP contribution >= 0.6 is 11.8 Å². The Morgan fingerprint density at radius 2 is 1.92 bits per heavy atom. The number of carboxylic acids is 1. The van der Waals surface area contributed by atoms with Crippen molar-refractivity contribution in [2.45, 2.75) is 62.5 Å². The van der Waals surface area contributed by atoms with Gasteiger partial charge in [-0.15, -0.1) is 11.8 Å². The monoisotopic (exact) mass is 534 g/mol. The maximum absolute atomic E-state index is 13.3. The third-order valence-electron chi connectivity index (χ3n) is 8.96. The molecule has 0 aromatic rings. The number of amides is 3. The fourth-order valence-electron chi connectivity index (χ4n) is 7.08. The highest BCUT2D eigenvalue weighted by molar-refractivity contribution is 8.03. The van der Waals surface area contributed by atoms with Crippen molar-refractivity contribution in [3.8, 4) is 0 Å². The van der Waals surface area contributed by atoms with Crippen LogP contribution in [0.25, 0.3) is 0 Å². The van der Waals surface area contributed by atoms with E-state index in [4.69, 9.17) is 5.73 Å². The number of aliphatic carboxylic acids is 1. The molecule has 204 valence electrons. The largest absolute Gasteiger partial charge is 0.477 e. The van der Waals surface area contributed by atoms with E-state index in [1.54, 1.807) is 14.0 Å². The van der Waals surface area contributed by atoms with Gasteiger partial charge in [0.2, 0.25) is 17.7 Å². The molecule has 0 aromatic carbocycles. The molecule has 2 bridgehead atoms. The van der Waals surface area contributed by atoms with Crippen molar-refractivity contribution in [1.82, 2.24) is 25.8 Å². The van der Waals surface area contributed by atoms with Gasteiger partial charge in [0.25, 0.3) is 0 Å². The SMILES string of the molecule is CNCC(=O)N[C@H](C)[C@H]1C(=O)N2C(C(=O)O)=C(S[C@@H]3CNC(C(=O)N4C[C@H]5CC[C@@H](C4)[C@@H]5N)C3)[C@H](C)[C@@H]12. The fraction of sp³-hybridized carbons (Fsp3) is 0.760. The molecule has 1 unspecified atom stereocenters. The number of nitrogens with two attached hydrogens (primary N) is 1. The van der Waals surface area contributed by atoms with Crippen molar-refractivity contribution in [2.75, 3.05) is 33.2 Å². The molecule has 4 heterocycles. The number of hydrogen-bond acceptors (Lipinski definition) is 8. The number of hydrogen-bond donors (Lipinski definition) is 5. The maximum Gasteiger partial charge on any atom is 0.353 e. The molecule has 1 aliphatic carbocycles. The van der Waals surface area contributed by atoms with Crippen molar-refractivity contribution in [1.29, 1.82) is 0 Å². The summed E-state index contributed by atoms with van der Waals surface area (Å²) >= 11 is 1.48. The number of likely N-dealkylation sites (N-methyl/N-ethyl adjacent to an activating group) is 1. The van der Waals surface area contributed by atoms with Gasteiger partial charge in [-0.2, -0.15) is 0 Å². The molecule has 3 amide bonds. The molecule has 6 N–H and O–H groups in total. The van der Waals surface area contributed by atoms with Crippen LogP contribution in [0.3, 0.4) is 0 Å². The van der Waals surface area contributed by atoms with Crippen LogP contribution in [0.4, 0.5) is 0 Å². The van der Waals surface area contributed by atoms with E-state index in [1.165, 1.54) is 16.7 Å². The van der Waals surface area contributed by atoms with Crippen LogP contribution in [-0.4, -0.2) is 101 Å². The Labute approximate surface area is 221 Å². The lowest BCUT2D eigenvalue weighted by Gasteiger charge is -2.47. The first kappa shape index (κ1) is 26.5. The Kier molecular flexibility index (Phi) is 7.29. The number of rotatable bonds is 8. The number of thioether (sulfide) groups is 1. The van der Waals surface area contributed by atoms with Gasteiger partial charge < -0.3 is 36.6 Å². The average Bonchev–Trinajstić information content (AvgIpc) is 3.44. The maximum atomic E-state index is 13.3. The molecule has 1 saturated carbocycles. The van der Waals surface area contributed by atoms with E-state index in [9.17, 15) is 24.3 Å². The van der Waals surface area contributed by atoms with E-state index >= 15 is 0 Å². The first-order chi connectivity index (χ1) is 17.6. The zero-order chi connectivity index (χ0) is 26.6. The van der Waals surface area contributed by atoms with E-state index in [0.717, 1.165) is 25.9 Å². The van der Waals surface area contributed by atoms with E-state index < -0.39 is 17.9 Å². The topological polar surface area (TPSA) is 157 Å². The third kappa shape index (κ3) is 4.55. The minimum absolute atomic E-state index is 0.0320. The second-order valence-electron chi connectivity index (χ2n) is 11.3. The molecule has 0 aromatic heterocycles. The van der Waals surface area contributed by atoms with Gasteiger partial charge in [-0.3, -0.25) is 14.4 Å². The van der Waals surface area contributed by atoms with Gasteiger partial charge in [0.1, 0.15) is 5.70 Å². The molecule has 5 rings (SSSR count). The van der Waals surface area contributed by atoms with Crippen molar-refractivity contribution >= 4 is 35.5 Å². The van der Waals surface area contributed by atoms with Crippen LogP contribution < -0.4 is 21.7 Å². The van der Waals surface area contributed by atoms with E-state index in [1.807, 2.05) is 11.8 Å². The lowest BCUT2D eigenvalue weighted by molar-refractivity contribution is -0.158. The van der Waals surface area contributed by atoms with Crippen LogP contribution in [-0.2, 0) is 19.2 Å². The molecular weight excluding hydrogens is 496 g/mol. The summed E-state index contributed by atoms with van der Waals surface area (Å²) in [5.41, 5.74) is 6.36. The predicted molar refractivity (Wildman–Crippen MR) is 138 cm³/mol. The molecule has 37 heavy (non-hydrogen) atoms. The van der Waals surface area contributed by atoms with E-state index in [-0.39, 0.29) is 59.3 Å². The second kappa shape index (κ2) is 10.2. The standard InChI is InChI=1S/C25H38N6O5S/c1-11-20-18(12(2)29-17(32)8-27-3)24(34)31(20)21(25(35)36)22(11)37-15-6-16(28-7-15)23(33)30-9-13-4-5-14(10-30)19(13)26/h11-16,18-20,27-28H,4-10,26H2,1-3H3,(H,29,32)(H,35,36)/t11-,12-,13-,14+,15+,16?,18-,19-,20+/m1/s1. The van der Waals surface area contributed by atoms with Crippen LogP contribution in [0.1, 0.15) is 33.1 Å². The summed E-state index contributed by atoms with van der Waals surface area (Å²) in [7, 11) is 1.67. The van der Waals surface area contributed by atoms with Crippen molar-refractivity contribution in [2.24, 2.45) is 29.4 Å². The number of likely N-dealkylation sites (tertiary alicyclic amines) is 1. The number of β-lactam (4-membered cyclic amide) rings is 1. The molecule has 0 radical (unpaired) electrons. The molecule has 0 spiro atoms. The molecule has 12 heteroatoms. The molecule has 3 saturated heterocycles. The number of fused-ring (bicyclic) bond motifs is 3. The Morgan fingerprint density at radius 3 is 2.54 bits per heavy atom. The molecule has 9 atom stereocenters. The number of nitrogens with zero attached hydrogens (tertiary/aromatic N) is 2. The summed E-state index contributed by atoms with van der Waals surface area (Å²) in [6, 6.07) is -0.790. The first-order valence-corrected chi connectivity index (χ1v) is 14.2. The Bertz CT molecular complexity index is 1010. The Hall–Kier alpha value is -2.15. The minimum Gasteiger partial charge on any atom is -0.477 e. The molecule has 5 aliphatic rings. The van der Waals surface area contributed by atoms with Gasteiger partial charge in [0.15, 0.2) is 0 Å². The average molecular weight is 535 g/mol. The quantitative estimate of drug-likeness (QED) is 0.250. The van der Waals surface area contributed by atoms with Crippen LogP contribution in [0.15, 0.2) is 10.6 Å². The Balaban J connectivity index is 1.23. The van der Waals surface area contributed by atoms with Crippen LogP contribution in [0.2, 0.25) is 0 Å². The number of carbonyl (C=O) groups is 4. The van der Waals surface area contributed by atoms with Gasteiger partial charge in [0, 0.05) is 47.8 Å². The summed E-state index contributed by atoms with van der Waals surface area (Å²) in [5.74, 6) is -1.34. The second-order valence-corrected chi connectivity index (χ2v) is 12.6. The Morgan fingerprint density at radius 1 is 1.24 bits per heavy atom. The van der Waals surface area contributed by atoms with Crippen molar-refractivity contribution in [3.05, 3.63) is 10.6 Å². The molecule has 11 nitrogen and oxygen atoms in total. The normalized spacial score (nSPS) is 37.5. The summed E-state index contributed by atoms with van der Waals surface area (Å²) in [6.07, 6.45) is 2.79. The van der Waals surface area contributed by atoms with Gasteiger partial charge in [-0.05, 0) is 45.1 Å². The van der Waals surface area contributed by atoms with Gasteiger partial charge in [0.05, 0.1) is 24.5 Å². The summed E-state index contributed by atoms with van der Waals surface area (Å²) in [5, 5.41) is 19.1. The lowest BCUT2D eigenvalue weighted by atomic mass is 9.78. The van der Waals surface area contributed by atoms with E-state index in [0.29, 0.717) is 29.7 Å².